The zero-order valence-electron chi connectivity index (χ0n) is 21.0. The van der Waals surface area contributed by atoms with Gasteiger partial charge in [0.25, 0.3) is 0 Å². The van der Waals surface area contributed by atoms with E-state index < -0.39 is 10.4 Å². The number of hydrogen-bond donors (Lipinski definition) is 0. The number of fused-ring (bicyclic) bond motifs is 5. The van der Waals surface area contributed by atoms with E-state index in [0.29, 0.717) is 40.3 Å². The molecule has 4 aliphatic carbocycles. The minimum Gasteiger partial charge on any atom is -0.726 e. The zero-order valence-corrected chi connectivity index (χ0v) is 21.8. The first-order chi connectivity index (χ1) is 15.4. The summed E-state index contributed by atoms with van der Waals surface area (Å²) in [6.45, 7) is 9.39. The summed E-state index contributed by atoms with van der Waals surface area (Å²) in [5.74, 6) is 3.86. The minimum absolute atomic E-state index is 0.00959. The van der Waals surface area contributed by atoms with Crippen molar-refractivity contribution >= 4 is 16.2 Å². The molecule has 188 valence electrons. The molecule has 0 saturated heterocycles. The van der Waals surface area contributed by atoms with Crippen LogP contribution in [0.3, 0.4) is 0 Å². The molecule has 3 fully saturated rings. The van der Waals surface area contributed by atoms with Gasteiger partial charge >= 0.3 is 0 Å². The molecule has 5 nitrogen and oxygen atoms in total. The van der Waals surface area contributed by atoms with E-state index in [1.54, 1.807) is 5.57 Å². The fourth-order valence-electron chi connectivity index (χ4n) is 8.55. The largest absolute Gasteiger partial charge is 0.726 e. The highest BCUT2D eigenvalue weighted by Crippen LogP contribution is 2.66. The van der Waals surface area contributed by atoms with Gasteiger partial charge in [-0.15, -0.1) is 0 Å². The normalized spacial score (nSPS) is 40.4. The fraction of sp³-hybridized carbons (Fsp3) is 0.889. The number of carbonyl (C=O) groups is 1. The maximum absolute atomic E-state index is 12.1. The summed E-state index contributed by atoms with van der Waals surface area (Å²) in [6, 6.07) is 0. The lowest BCUT2D eigenvalue weighted by Crippen LogP contribution is -2.49. The molecule has 0 aromatic heterocycles. The second kappa shape index (κ2) is 9.39. The van der Waals surface area contributed by atoms with Crippen LogP contribution in [-0.4, -0.2) is 25.4 Å². The summed E-state index contributed by atoms with van der Waals surface area (Å²) < 4.78 is 36.5. The quantitative estimate of drug-likeness (QED) is 0.240. The maximum Gasteiger partial charge on any atom is 0.217 e. The Labute approximate surface area is 201 Å². The number of hydrogen-bond acceptors (Lipinski definition) is 5. The molecule has 0 amide bonds. The number of carbonyl (C=O) groups excluding carboxylic acids is 1. The SMILES string of the molecule is C[C@@H](CCC[C@@H](C)[C@H]1CC[C@H]2C3=CC[C@H]4CC(=O)CC[C@]4(C)C3CC[C@]12C)COS(=O)(=O)[O-]. The lowest BCUT2D eigenvalue weighted by atomic mass is 9.47. The second-order valence-corrected chi connectivity index (χ2v) is 13.5. The van der Waals surface area contributed by atoms with E-state index >= 15 is 0 Å². The molecule has 4 aliphatic rings. The van der Waals surface area contributed by atoms with Crippen LogP contribution in [0.4, 0.5) is 0 Å². The van der Waals surface area contributed by atoms with Gasteiger partial charge in [0.1, 0.15) is 5.78 Å². The molecule has 0 aromatic rings. The highest BCUT2D eigenvalue weighted by Gasteiger charge is 2.58. The molecule has 0 spiro atoms. The van der Waals surface area contributed by atoms with Gasteiger partial charge in [0.2, 0.25) is 10.4 Å². The smallest absolute Gasteiger partial charge is 0.217 e. The van der Waals surface area contributed by atoms with Gasteiger partial charge in [-0.1, -0.05) is 52.2 Å². The van der Waals surface area contributed by atoms with E-state index in [4.69, 9.17) is 0 Å². The van der Waals surface area contributed by atoms with E-state index in [0.717, 1.165) is 50.9 Å². The first-order valence-electron chi connectivity index (χ1n) is 13.3. The van der Waals surface area contributed by atoms with Gasteiger partial charge in [-0.05, 0) is 91.3 Å². The fourth-order valence-corrected chi connectivity index (χ4v) is 8.95. The Morgan fingerprint density at radius 3 is 2.55 bits per heavy atom. The third-order valence-electron chi connectivity index (χ3n) is 10.5. The molecular weight excluding hydrogens is 436 g/mol. The molecular formula is C27H43O5S-. The van der Waals surface area contributed by atoms with Gasteiger partial charge in [-0.3, -0.25) is 8.98 Å². The molecule has 1 unspecified atom stereocenters. The third-order valence-corrected chi connectivity index (χ3v) is 10.9. The van der Waals surface area contributed by atoms with E-state index in [2.05, 4.69) is 31.0 Å². The van der Waals surface area contributed by atoms with Crippen molar-refractivity contribution in [1.29, 1.82) is 0 Å². The Morgan fingerprint density at radius 1 is 1.09 bits per heavy atom. The molecule has 33 heavy (non-hydrogen) atoms. The molecule has 4 rings (SSSR count). The number of Topliss-reactive ketones (excluding diaryl/α,β-unsaturated/α-hetero) is 1. The van der Waals surface area contributed by atoms with E-state index in [1.807, 2.05) is 6.92 Å². The zero-order chi connectivity index (χ0) is 24.0. The van der Waals surface area contributed by atoms with Crippen LogP contribution in [0, 0.1) is 46.3 Å². The maximum atomic E-state index is 12.1. The number of rotatable bonds is 8. The van der Waals surface area contributed by atoms with Crippen molar-refractivity contribution < 1.29 is 21.9 Å². The van der Waals surface area contributed by atoms with Crippen LogP contribution in [0.25, 0.3) is 0 Å². The Balaban J connectivity index is 1.37. The Hall–Kier alpha value is -0.720. The molecule has 6 heteroatoms. The van der Waals surface area contributed by atoms with Gasteiger partial charge in [0.05, 0.1) is 6.61 Å². The summed E-state index contributed by atoms with van der Waals surface area (Å²) in [7, 11) is -4.59. The summed E-state index contributed by atoms with van der Waals surface area (Å²) in [5.41, 5.74) is 2.44. The van der Waals surface area contributed by atoms with Crippen molar-refractivity contribution in [3.63, 3.8) is 0 Å². The molecule has 8 atom stereocenters. The Kier molecular flexibility index (Phi) is 7.22. The van der Waals surface area contributed by atoms with Crippen molar-refractivity contribution in [2.24, 2.45) is 46.3 Å². The molecule has 0 N–H and O–H groups in total. The molecule has 0 aliphatic heterocycles. The van der Waals surface area contributed by atoms with Crippen LogP contribution in [0.15, 0.2) is 11.6 Å². The summed E-state index contributed by atoms with van der Waals surface area (Å²) in [6.07, 6.45) is 14.6. The van der Waals surface area contributed by atoms with Gasteiger partial charge in [-0.2, -0.15) is 0 Å². The van der Waals surface area contributed by atoms with Crippen molar-refractivity contribution in [3.05, 3.63) is 11.6 Å². The van der Waals surface area contributed by atoms with Gasteiger partial charge < -0.3 is 4.55 Å². The van der Waals surface area contributed by atoms with E-state index in [1.165, 1.54) is 25.7 Å². The minimum atomic E-state index is -4.59. The van der Waals surface area contributed by atoms with Crippen molar-refractivity contribution in [2.75, 3.05) is 6.61 Å². The summed E-state index contributed by atoms with van der Waals surface area (Å²) in [4.78, 5) is 12.1. The van der Waals surface area contributed by atoms with Crippen molar-refractivity contribution in [2.45, 2.75) is 98.3 Å². The summed E-state index contributed by atoms with van der Waals surface area (Å²) >= 11 is 0. The van der Waals surface area contributed by atoms with Gasteiger partial charge in [-0.25, -0.2) is 8.42 Å². The average Bonchev–Trinajstić information content (AvgIpc) is 3.09. The molecule has 0 heterocycles. The lowest BCUT2D eigenvalue weighted by Gasteiger charge is -2.57. The molecule has 0 radical (unpaired) electrons. The number of allylic oxidation sites excluding steroid dienone is 2. The van der Waals surface area contributed by atoms with E-state index in [-0.39, 0.29) is 12.5 Å². The number of ketones is 1. The Morgan fingerprint density at radius 2 is 1.82 bits per heavy atom. The summed E-state index contributed by atoms with van der Waals surface area (Å²) in [5, 5.41) is 0. The van der Waals surface area contributed by atoms with Gasteiger partial charge in [0.15, 0.2) is 0 Å². The van der Waals surface area contributed by atoms with Crippen LogP contribution in [0.5, 0.6) is 0 Å². The molecule has 0 bridgehead atoms. The first-order valence-corrected chi connectivity index (χ1v) is 14.6. The average molecular weight is 480 g/mol. The first kappa shape index (κ1) is 25.4. The second-order valence-electron chi connectivity index (χ2n) is 12.4. The highest BCUT2D eigenvalue weighted by molar-refractivity contribution is 7.80. The van der Waals surface area contributed by atoms with Crippen LogP contribution in [0.1, 0.15) is 98.3 Å². The third kappa shape index (κ3) is 4.99. The van der Waals surface area contributed by atoms with Crippen molar-refractivity contribution in [1.82, 2.24) is 0 Å². The Bertz CT molecular complexity index is 879. The lowest BCUT2D eigenvalue weighted by molar-refractivity contribution is -0.127. The predicted octanol–water partition coefficient (Wildman–Crippen LogP) is 6.05. The highest BCUT2D eigenvalue weighted by atomic mass is 32.3. The van der Waals surface area contributed by atoms with Crippen LogP contribution < -0.4 is 0 Å². The standard InChI is InChI=1S/C27H44O5S/c1-18(17-32-33(29,30)31)6-5-7-19(2)23-10-11-24-22-9-8-20-16-21(28)12-14-26(20,3)25(22)13-15-27(23,24)4/h9,18-20,23-25H,5-8,10-17H2,1-4H3,(H,29,30,31)/p-1/t18-,19+,20-,23+,24-,25?,26-,27+/m0/s1. The monoisotopic (exact) mass is 479 g/mol. The molecule has 3 saturated carbocycles. The van der Waals surface area contributed by atoms with Crippen LogP contribution in [-0.2, 0) is 19.4 Å². The van der Waals surface area contributed by atoms with Gasteiger partial charge in [0, 0.05) is 12.8 Å². The molecule has 0 aromatic carbocycles. The van der Waals surface area contributed by atoms with Crippen molar-refractivity contribution in [3.8, 4) is 0 Å². The van der Waals surface area contributed by atoms with Crippen LogP contribution >= 0.6 is 0 Å². The topological polar surface area (TPSA) is 83.5 Å². The van der Waals surface area contributed by atoms with Crippen LogP contribution in [0.2, 0.25) is 0 Å². The predicted molar refractivity (Wildman–Crippen MR) is 128 cm³/mol. The van der Waals surface area contributed by atoms with E-state index in [9.17, 15) is 17.8 Å².